The quantitative estimate of drug-likeness (QED) is 0.662. The Morgan fingerprint density at radius 3 is 2.25 bits per heavy atom. The first-order valence-electron chi connectivity index (χ1n) is 6.93. The molecule has 1 heteroatoms. The summed E-state index contributed by atoms with van der Waals surface area (Å²) in [6.45, 7) is 14.4. The van der Waals surface area contributed by atoms with Gasteiger partial charge in [0.25, 0.3) is 0 Å². The molecule has 16 heavy (non-hydrogen) atoms. The van der Waals surface area contributed by atoms with Crippen LogP contribution in [0.4, 0.5) is 0 Å². The Hall–Kier alpha value is 0.350. The molecule has 96 valence electrons. The summed E-state index contributed by atoms with van der Waals surface area (Å²) in [5.41, 5.74) is 0.503. The molecule has 0 aromatic heterocycles. The maximum absolute atomic E-state index is 2.41. The van der Waals surface area contributed by atoms with Gasteiger partial charge in [0.1, 0.15) is 0 Å². The third-order valence-electron chi connectivity index (χ3n) is 4.00. The van der Waals surface area contributed by atoms with Gasteiger partial charge >= 0.3 is 0 Å². The van der Waals surface area contributed by atoms with Crippen molar-refractivity contribution in [3.05, 3.63) is 0 Å². The zero-order chi connectivity index (χ0) is 12.3. The lowest BCUT2D eigenvalue weighted by molar-refractivity contribution is 0.172. The van der Waals surface area contributed by atoms with Gasteiger partial charge in [-0.3, -0.25) is 0 Å². The van der Waals surface area contributed by atoms with Crippen molar-refractivity contribution in [1.29, 1.82) is 0 Å². The summed E-state index contributed by atoms with van der Waals surface area (Å²) in [6.07, 6.45) is 2.78. The van der Waals surface area contributed by atoms with Crippen LogP contribution in [0.15, 0.2) is 0 Å². The lowest BCUT2D eigenvalue weighted by atomic mass is 9.71. The number of hydrogen-bond acceptors (Lipinski definition) is 1. The summed E-state index contributed by atoms with van der Waals surface area (Å²) in [5.74, 6) is 6.58. The van der Waals surface area contributed by atoms with Gasteiger partial charge in [0, 0.05) is 0 Å². The fraction of sp³-hybridized carbons (Fsp3) is 1.00. The summed E-state index contributed by atoms with van der Waals surface area (Å²) in [4.78, 5) is 0. The lowest BCUT2D eigenvalue weighted by Crippen LogP contribution is -2.28. The summed E-state index contributed by atoms with van der Waals surface area (Å²) < 4.78 is 0. The second-order valence-electron chi connectivity index (χ2n) is 7.04. The van der Waals surface area contributed by atoms with E-state index in [2.05, 4.69) is 53.3 Å². The first-order chi connectivity index (χ1) is 7.35. The van der Waals surface area contributed by atoms with E-state index in [-0.39, 0.29) is 0 Å². The van der Waals surface area contributed by atoms with Gasteiger partial charge in [-0.15, -0.1) is 0 Å². The molecule has 0 nitrogen and oxygen atoms in total. The molecule has 0 aromatic carbocycles. The Morgan fingerprint density at radius 1 is 1.19 bits per heavy atom. The molecule has 0 spiro atoms. The Labute approximate surface area is 107 Å². The number of hydrogen-bond donors (Lipinski definition) is 0. The van der Waals surface area contributed by atoms with Gasteiger partial charge in [0.05, 0.1) is 0 Å². The molecule has 1 heterocycles. The van der Waals surface area contributed by atoms with Crippen molar-refractivity contribution in [3.8, 4) is 0 Å². The Bertz CT molecular complexity index is 202. The van der Waals surface area contributed by atoms with Crippen molar-refractivity contribution in [1.82, 2.24) is 0 Å². The van der Waals surface area contributed by atoms with Crippen LogP contribution in [0.3, 0.4) is 0 Å². The van der Waals surface area contributed by atoms with Crippen molar-refractivity contribution in [2.24, 2.45) is 29.1 Å². The highest BCUT2D eigenvalue weighted by Gasteiger charge is 2.36. The predicted molar refractivity (Wildman–Crippen MR) is 77.0 cm³/mol. The summed E-state index contributed by atoms with van der Waals surface area (Å²) in [7, 11) is 0. The van der Waals surface area contributed by atoms with E-state index in [0.29, 0.717) is 5.41 Å². The van der Waals surface area contributed by atoms with E-state index < -0.39 is 0 Å². The van der Waals surface area contributed by atoms with Gasteiger partial charge in [0.2, 0.25) is 0 Å². The van der Waals surface area contributed by atoms with Crippen LogP contribution in [0.5, 0.6) is 0 Å². The van der Waals surface area contributed by atoms with E-state index >= 15 is 0 Å². The Morgan fingerprint density at radius 2 is 1.81 bits per heavy atom. The molecule has 0 saturated carbocycles. The van der Waals surface area contributed by atoms with Crippen LogP contribution in [-0.2, 0) is 0 Å². The molecular formula is C15H30S. The fourth-order valence-corrected chi connectivity index (χ4v) is 4.95. The number of thioether (sulfide) groups is 1. The highest BCUT2D eigenvalue weighted by Crippen LogP contribution is 2.44. The minimum Gasteiger partial charge on any atom is -0.161 e. The average Bonchev–Trinajstić information content (AvgIpc) is 2.51. The van der Waals surface area contributed by atoms with E-state index in [4.69, 9.17) is 0 Å². The van der Waals surface area contributed by atoms with Gasteiger partial charge < -0.3 is 0 Å². The maximum Gasteiger partial charge on any atom is -0.00333 e. The predicted octanol–water partition coefficient (Wildman–Crippen LogP) is 5.08. The molecule has 0 aromatic rings. The van der Waals surface area contributed by atoms with Crippen LogP contribution in [0.1, 0.15) is 54.4 Å². The average molecular weight is 242 g/mol. The molecule has 1 aliphatic rings. The fourth-order valence-electron chi connectivity index (χ4n) is 3.35. The van der Waals surface area contributed by atoms with Gasteiger partial charge in [-0.25, -0.2) is 0 Å². The van der Waals surface area contributed by atoms with Crippen molar-refractivity contribution in [2.45, 2.75) is 54.4 Å². The molecular weight excluding hydrogens is 212 g/mol. The van der Waals surface area contributed by atoms with Crippen molar-refractivity contribution >= 4 is 11.8 Å². The molecule has 1 rings (SSSR count). The molecule has 1 unspecified atom stereocenters. The Balaban J connectivity index is 2.64. The third-order valence-corrected chi connectivity index (χ3v) is 5.28. The van der Waals surface area contributed by atoms with Gasteiger partial charge in [0.15, 0.2) is 0 Å². The second-order valence-corrected chi connectivity index (χ2v) is 8.12. The SMILES string of the molecule is CCC(C(C)C)[C@H]1CSC[C@@H]1CC(C)(C)C. The summed E-state index contributed by atoms with van der Waals surface area (Å²) in [6, 6.07) is 0. The van der Waals surface area contributed by atoms with Crippen molar-refractivity contribution < 1.29 is 0 Å². The standard InChI is InChI=1S/C15H30S/c1-7-13(11(2)3)14-10-16-9-12(14)8-15(4,5)6/h11-14H,7-10H2,1-6H3/t12-,13?,14-/m0/s1. The topological polar surface area (TPSA) is 0 Å². The van der Waals surface area contributed by atoms with E-state index in [1.165, 1.54) is 24.3 Å². The van der Waals surface area contributed by atoms with Crippen LogP contribution in [0.25, 0.3) is 0 Å². The molecule has 1 fully saturated rings. The van der Waals surface area contributed by atoms with Crippen molar-refractivity contribution in [3.63, 3.8) is 0 Å². The monoisotopic (exact) mass is 242 g/mol. The smallest absolute Gasteiger partial charge is 0.00333 e. The van der Waals surface area contributed by atoms with E-state index in [1.807, 2.05) is 0 Å². The summed E-state index contributed by atoms with van der Waals surface area (Å²) in [5, 5.41) is 0. The largest absolute Gasteiger partial charge is 0.161 e. The molecule has 3 atom stereocenters. The van der Waals surface area contributed by atoms with Crippen LogP contribution >= 0.6 is 11.8 Å². The molecule has 0 amide bonds. The zero-order valence-electron chi connectivity index (χ0n) is 12.0. The van der Waals surface area contributed by atoms with Crippen LogP contribution in [0, 0.1) is 29.1 Å². The van der Waals surface area contributed by atoms with E-state index in [1.54, 1.807) is 0 Å². The molecule has 1 saturated heterocycles. The van der Waals surface area contributed by atoms with Crippen LogP contribution in [0.2, 0.25) is 0 Å². The normalized spacial score (nSPS) is 28.7. The third kappa shape index (κ3) is 3.98. The zero-order valence-corrected chi connectivity index (χ0v) is 12.9. The first-order valence-corrected chi connectivity index (χ1v) is 8.08. The minimum absolute atomic E-state index is 0.503. The summed E-state index contributed by atoms with van der Waals surface area (Å²) >= 11 is 2.19. The number of rotatable bonds is 4. The molecule has 0 aliphatic carbocycles. The van der Waals surface area contributed by atoms with Crippen LogP contribution < -0.4 is 0 Å². The minimum atomic E-state index is 0.503. The highest BCUT2D eigenvalue weighted by atomic mass is 32.2. The first kappa shape index (κ1) is 14.4. The van der Waals surface area contributed by atoms with Gasteiger partial charge in [-0.1, -0.05) is 48.0 Å². The maximum atomic E-state index is 2.41. The molecule has 0 N–H and O–H groups in total. The highest BCUT2D eigenvalue weighted by molar-refractivity contribution is 7.99. The van der Waals surface area contributed by atoms with E-state index in [9.17, 15) is 0 Å². The molecule has 1 aliphatic heterocycles. The van der Waals surface area contributed by atoms with Crippen LogP contribution in [-0.4, -0.2) is 11.5 Å². The lowest BCUT2D eigenvalue weighted by Gasteiger charge is -2.33. The molecule has 0 radical (unpaired) electrons. The van der Waals surface area contributed by atoms with Crippen molar-refractivity contribution in [2.75, 3.05) is 11.5 Å². The van der Waals surface area contributed by atoms with E-state index in [0.717, 1.165) is 23.7 Å². The molecule has 0 bridgehead atoms. The van der Waals surface area contributed by atoms with Gasteiger partial charge in [-0.05, 0) is 47.0 Å². The Kier molecular flexibility index (Phi) is 5.22. The van der Waals surface area contributed by atoms with Gasteiger partial charge in [-0.2, -0.15) is 11.8 Å². The second kappa shape index (κ2) is 5.80.